The molecular weight excluding hydrogens is 208 g/mol. The van der Waals surface area contributed by atoms with Crippen molar-refractivity contribution in [3.63, 3.8) is 0 Å². The number of benzene rings is 1. The molecule has 0 unspecified atom stereocenters. The van der Waals surface area contributed by atoms with E-state index in [4.69, 9.17) is 19.3 Å². The fraction of sp³-hybridized carbons (Fsp3) is 0.333. The lowest BCUT2D eigenvalue weighted by Crippen LogP contribution is -1.95. The molecule has 0 spiro atoms. The van der Waals surface area contributed by atoms with Crippen LogP contribution in [0, 0.1) is 11.8 Å². The van der Waals surface area contributed by atoms with Gasteiger partial charge in [-0.25, -0.2) is 0 Å². The van der Waals surface area contributed by atoms with Crippen LogP contribution in [-0.4, -0.2) is 33.0 Å². The Labute approximate surface area is 94.8 Å². The minimum Gasteiger partial charge on any atom is -0.496 e. The molecule has 0 radical (unpaired) electrons. The molecule has 0 aromatic heterocycles. The van der Waals surface area contributed by atoms with E-state index < -0.39 is 0 Å². The highest BCUT2D eigenvalue weighted by Crippen LogP contribution is 2.33. The summed E-state index contributed by atoms with van der Waals surface area (Å²) in [7, 11) is 4.64. The number of aliphatic hydroxyl groups excluding tert-OH is 1. The van der Waals surface area contributed by atoms with E-state index >= 15 is 0 Å². The van der Waals surface area contributed by atoms with Gasteiger partial charge < -0.3 is 19.3 Å². The van der Waals surface area contributed by atoms with Gasteiger partial charge in [-0.05, 0) is 0 Å². The second-order valence-electron chi connectivity index (χ2n) is 2.87. The van der Waals surface area contributed by atoms with Crippen LogP contribution in [0.1, 0.15) is 5.56 Å². The predicted octanol–water partition coefficient (Wildman–Crippen LogP) is 1.06. The molecule has 86 valence electrons. The number of aliphatic hydroxyl groups is 1. The summed E-state index contributed by atoms with van der Waals surface area (Å²) in [4.78, 5) is 0. The van der Waals surface area contributed by atoms with Crippen molar-refractivity contribution in [3.05, 3.63) is 17.7 Å². The van der Waals surface area contributed by atoms with Crippen LogP contribution in [0.4, 0.5) is 0 Å². The quantitative estimate of drug-likeness (QED) is 0.777. The van der Waals surface area contributed by atoms with Crippen LogP contribution < -0.4 is 14.2 Å². The van der Waals surface area contributed by atoms with Gasteiger partial charge in [0.1, 0.15) is 29.4 Å². The first-order chi connectivity index (χ1) is 7.76. The highest BCUT2D eigenvalue weighted by molar-refractivity contribution is 5.58. The summed E-state index contributed by atoms with van der Waals surface area (Å²) >= 11 is 0. The van der Waals surface area contributed by atoms with Gasteiger partial charge in [0.25, 0.3) is 0 Å². The molecule has 0 saturated heterocycles. The lowest BCUT2D eigenvalue weighted by Gasteiger charge is -2.10. The molecule has 0 amide bonds. The lowest BCUT2D eigenvalue weighted by atomic mass is 10.1. The molecule has 1 aromatic rings. The maximum Gasteiger partial charge on any atom is 0.141 e. The van der Waals surface area contributed by atoms with Gasteiger partial charge >= 0.3 is 0 Å². The summed E-state index contributed by atoms with van der Waals surface area (Å²) in [6, 6.07) is 3.42. The van der Waals surface area contributed by atoms with Crippen LogP contribution >= 0.6 is 0 Å². The molecule has 1 N–H and O–H groups in total. The zero-order chi connectivity index (χ0) is 12.0. The minimum absolute atomic E-state index is 0.210. The summed E-state index contributed by atoms with van der Waals surface area (Å²) in [5.74, 6) is 7.07. The third-order valence-electron chi connectivity index (χ3n) is 2.01. The van der Waals surface area contributed by atoms with Crippen LogP contribution in [0.25, 0.3) is 0 Å². The predicted molar refractivity (Wildman–Crippen MR) is 60.1 cm³/mol. The molecule has 0 atom stereocenters. The van der Waals surface area contributed by atoms with Gasteiger partial charge in [-0.3, -0.25) is 0 Å². The first kappa shape index (κ1) is 12.2. The normalized spacial score (nSPS) is 9.00. The molecular formula is C12H14O4. The van der Waals surface area contributed by atoms with Gasteiger partial charge in [0.05, 0.1) is 21.3 Å². The van der Waals surface area contributed by atoms with E-state index in [1.165, 1.54) is 0 Å². The zero-order valence-electron chi connectivity index (χ0n) is 9.53. The Morgan fingerprint density at radius 2 is 1.62 bits per heavy atom. The Bertz CT molecular complexity index is 390. The summed E-state index contributed by atoms with van der Waals surface area (Å²) in [5, 5.41) is 8.68. The van der Waals surface area contributed by atoms with Crippen molar-refractivity contribution in [2.24, 2.45) is 0 Å². The molecule has 0 bridgehead atoms. The van der Waals surface area contributed by atoms with Crippen molar-refractivity contribution < 1.29 is 19.3 Å². The Morgan fingerprint density at radius 3 is 2.00 bits per heavy atom. The van der Waals surface area contributed by atoms with Gasteiger partial charge in [-0.15, -0.1) is 0 Å². The summed E-state index contributed by atoms with van der Waals surface area (Å²) in [5.41, 5.74) is 0.597. The molecule has 0 heterocycles. The Hall–Kier alpha value is -1.86. The van der Waals surface area contributed by atoms with E-state index in [1.54, 1.807) is 33.5 Å². The van der Waals surface area contributed by atoms with Crippen LogP contribution in [0.15, 0.2) is 12.1 Å². The van der Waals surface area contributed by atoms with Crippen molar-refractivity contribution in [1.29, 1.82) is 0 Å². The van der Waals surface area contributed by atoms with E-state index in [9.17, 15) is 0 Å². The Kier molecular flexibility index (Phi) is 4.49. The highest BCUT2D eigenvalue weighted by Gasteiger charge is 2.10. The first-order valence-corrected chi connectivity index (χ1v) is 4.66. The highest BCUT2D eigenvalue weighted by atomic mass is 16.5. The van der Waals surface area contributed by atoms with Gasteiger partial charge in [-0.2, -0.15) is 0 Å². The maximum atomic E-state index is 8.68. The SMILES string of the molecule is COc1cc(OC)c(C#CCO)c(OC)c1. The summed E-state index contributed by atoms with van der Waals surface area (Å²) < 4.78 is 15.5. The van der Waals surface area contributed by atoms with Gasteiger partial charge in [-0.1, -0.05) is 11.8 Å². The van der Waals surface area contributed by atoms with Gasteiger partial charge in [0.15, 0.2) is 0 Å². The Balaban J connectivity index is 3.31. The number of ether oxygens (including phenoxy) is 3. The number of hydrogen-bond donors (Lipinski definition) is 1. The number of rotatable bonds is 3. The molecule has 4 nitrogen and oxygen atoms in total. The number of hydrogen-bond acceptors (Lipinski definition) is 4. The number of methoxy groups -OCH3 is 3. The van der Waals surface area contributed by atoms with Gasteiger partial charge in [0.2, 0.25) is 0 Å². The largest absolute Gasteiger partial charge is 0.496 e. The molecule has 0 aliphatic carbocycles. The van der Waals surface area contributed by atoms with E-state index in [0.29, 0.717) is 22.8 Å². The molecule has 0 aliphatic heterocycles. The first-order valence-electron chi connectivity index (χ1n) is 4.66. The van der Waals surface area contributed by atoms with Crippen molar-refractivity contribution in [2.45, 2.75) is 0 Å². The Morgan fingerprint density at radius 1 is 1.06 bits per heavy atom. The topological polar surface area (TPSA) is 47.9 Å². The fourth-order valence-electron chi connectivity index (χ4n) is 1.26. The van der Waals surface area contributed by atoms with Crippen LogP contribution in [0.3, 0.4) is 0 Å². The van der Waals surface area contributed by atoms with Crippen molar-refractivity contribution in [3.8, 4) is 29.1 Å². The smallest absolute Gasteiger partial charge is 0.141 e. The molecule has 1 aromatic carbocycles. The van der Waals surface area contributed by atoms with Gasteiger partial charge in [0, 0.05) is 12.1 Å². The second kappa shape index (κ2) is 5.89. The zero-order valence-corrected chi connectivity index (χ0v) is 9.53. The van der Waals surface area contributed by atoms with Crippen molar-refractivity contribution in [2.75, 3.05) is 27.9 Å². The van der Waals surface area contributed by atoms with Crippen LogP contribution in [0.2, 0.25) is 0 Å². The summed E-state index contributed by atoms with van der Waals surface area (Å²) in [6.45, 7) is -0.210. The monoisotopic (exact) mass is 222 g/mol. The van der Waals surface area contributed by atoms with Crippen LogP contribution in [-0.2, 0) is 0 Å². The molecule has 0 saturated carbocycles. The average molecular weight is 222 g/mol. The molecule has 0 aliphatic rings. The van der Waals surface area contributed by atoms with Crippen molar-refractivity contribution >= 4 is 0 Å². The maximum absolute atomic E-state index is 8.68. The third kappa shape index (κ3) is 2.59. The summed E-state index contributed by atoms with van der Waals surface area (Å²) in [6.07, 6.45) is 0. The standard InChI is InChI=1S/C12H14O4/c1-14-9-7-11(15-2)10(5-4-6-13)12(8-9)16-3/h7-8,13H,6H2,1-3H3. The molecule has 1 rings (SSSR count). The molecule has 16 heavy (non-hydrogen) atoms. The molecule has 0 fully saturated rings. The fourth-order valence-corrected chi connectivity index (χ4v) is 1.26. The second-order valence-corrected chi connectivity index (χ2v) is 2.87. The van der Waals surface area contributed by atoms with Crippen molar-refractivity contribution in [1.82, 2.24) is 0 Å². The van der Waals surface area contributed by atoms with E-state index in [0.717, 1.165) is 0 Å². The average Bonchev–Trinajstić information content (AvgIpc) is 2.35. The van der Waals surface area contributed by atoms with Crippen LogP contribution in [0.5, 0.6) is 17.2 Å². The van der Waals surface area contributed by atoms with E-state index in [2.05, 4.69) is 11.8 Å². The van der Waals surface area contributed by atoms with E-state index in [1.807, 2.05) is 0 Å². The minimum atomic E-state index is -0.210. The third-order valence-corrected chi connectivity index (χ3v) is 2.01. The molecule has 4 heteroatoms. The van der Waals surface area contributed by atoms with E-state index in [-0.39, 0.29) is 6.61 Å². The lowest BCUT2D eigenvalue weighted by molar-refractivity contribution is 0.350.